The molecule has 120 valence electrons. The normalized spacial score (nSPS) is 17.7. The van der Waals surface area contributed by atoms with Gasteiger partial charge in [0, 0.05) is 13.0 Å². The zero-order valence-corrected chi connectivity index (χ0v) is 12.5. The molecule has 2 heterocycles. The highest BCUT2D eigenvalue weighted by atomic mass is 16.6. The van der Waals surface area contributed by atoms with Gasteiger partial charge in [-0.2, -0.15) is 5.10 Å². The fourth-order valence-electron chi connectivity index (χ4n) is 2.84. The minimum atomic E-state index is -0.993. The molecule has 9 nitrogen and oxygen atoms in total. The summed E-state index contributed by atoms with van der Waals surface area (Å²) in [6.45, 7) is 3.76. The lowest BCUT2D eigenvalue weighted by Gasteiger charge is -2.21. The van der Waals surface area contributed by atoms with Crippen LogP contribution >= 0.6 is 0 Å². The van der Waals surface area contributed by atoms with Crippen molar-refractivity contribution >= 4 is 17.6 Å². The molecule has 1 aromatic heterocycles. The molecule has 0 radical (unpaired) electrons. The van der Waals surface area contributed by atoms with Gasteiger partial charge >= 0.3 is 11.7 Å². The van der Waals surface area contributed by atoms with Crippen molar-refractivity contribution in [3.8, 4) is 0 Å². The number of aromatic nitrogens is 2. The van der Waals surface area contributed by atoms with E-state index < -0.39 is 16.9 Å². The second kappa shape index (κ2) is 6.12. The van der Waals surface area contributed by atoms with Gasteiger partial charge in [0.25, 0.3) is 0 Å². The lowest BCUT2D eigenvalue weighted by atomic mass is 10.2. The number of hydrogen-bond acceptors (Lipinski definition) is 5. The summed E-state index contributed by atoms with van der Waals surface area (Å²) < 4.78 is 1.43. The number of aryl methyl sites for hydroxylation is 2. The molecule has 1 unspecified atom stereocenters. The predicted molar refractivity (Wildman–Crippen MR) is 75.3 cm³/mol. The van der Waals surface area contributed by atoms with Crippen molar-refractivity contribution in [2.45, 2.75) is 45.7 Å². The summed E-state index contributed by atoms with van der Waals surface area (Å²) in [5, 5.41) is 24.1. The van der Waals surface area contributed by atoms with Gasteiger partial charge in [-0.3, -0.25) is 19.6 Å². The standard InChI is InChI=1S/C13H18N4O5/c1-8-12(17(21)22)9(2)16(14-8)7-5-11(18)15-6-3-4-10(15)13(19)20/h10H,3-7H2,1-2H3,(H,19,20). The molecule has 1 aliphatic heterocycles. The van der Waals surface area contributed by atoms with Crippen molar-refractivity contribution in [3.05, 3.63) is 21.5 Å². The molecule has 1 aromatic rings. The number of carbonyl (C=O) groups excluding carboxylic acids is 1. The molecule has 2 rings (SSSR count). The Morgan fingerprint density at radius 2 is 2.14 bits per heavy atom. The van der Waals surface area contributed by atoms with Gasteiger partial charge in [-0.25, -0.2) is 4.79 Å². The first kappa shape index (κ1) is 15.9. The number of hydrogen-bond donors (Lipinski definition) is 1. The van der Waals surface area contributed by atoms with E-state index in [-0.39, 0.29) is 24.6 Å². The number of carboxylic acids is 1. The van der Waals surface area contributed by atoms with E-state index in [2.05, 4.69) is 5.10 Å². The second-order valence-electron chi connectivity index (χ2n) is 5.33. The first-order valence-electron chi connectivity index (χ1n) is 7.03. The van der Waals surface area contributed by atoms with Crippen LogP contribution in [-0.4, -0.2) is 49.2 Å². The first-order chi connectivity index (χ1) is 10.3. The van der Waals surface area contributed by atoms with Crippen molar-refractivity contribution in [2.24, 2.45) is 0 Å². The Kier molecular flexibility index (Phi) is 4.43. The second-order valence-corrected chi connectivity index (χ2v) is 5.33. The molecule has 1 N–H and O–H groups in total. The van der Waals surface area contributed by atoms with Crippen molar-refractivity contribution in [1.29, 1.82) is 0 Å². The highest BCUT2D eigenvalue weighted by molar-refractivity contribution is 5.84. The van der Waals surface area contributed by atoms with Gasteiger partial charge in [-0.1, -0.05) is 0 Å². The lowest BCUT2D eigenvalue weighted by Crippen LogP contribution is -2.40. The Morgan fingerprint density at radius 1 is 1.45 bits per heavy atom. The number of nitrogens with zero attached hydrogens (tertiary/aromatic N) is 4. The summed E-state index contributed by atoms with van der Waals surface area (Å²) in [6.07, 6.45) is 1.21. The zero-order valence-electron chi connectivity index (χ0n) is 12.5. The molecule has 0 saturated carbocycles. The van der Waals surface area contributed by atoms with E-state index in [9.17, 15) is 19.7 Å². The molecule has 1 aliphatic rings. The van der Waals surface area contributed by atoms with Gasteiger partial charge in [0.15, 0.2) is 0 Å². The lowest BCUT2D eigenvalue weighted by molar-refractivity contribution is -0.386. The summed E-state index contributed by atoms with van der Waals surface area (Å²) in [6, 6.07) is -0.762. The van der Waals surface area contributed by atoms with Crippen molar-refractivity contribution in [2.75, 3.05) is 6.54 Å². The Labute approximate surface area is 126 Å². The number of carbonyl (C=O) groups is 2. The van der Waals surface area contributed by atoms with E-state index in [0.29, 0.717) is 30.8 Å². The molecule has 1 atom stereocenters. The molecule has 22 heavy (non-hydrogen) atoms. The molecule has 0 bridgehead atoms. The highest BCUT2D eigenvalue weighted by Crippen LogP contribution is 2.23. The molecule has 0 aliphatic carbocycles. The topological polar surface area (TPSA) is 119 Å². The van der Waals surface area contributed by atoms with Crippen LogP contribution in [0.5, 0.6) is 0 Å². The van der Waals surface area contributed by atoms with Crippen LogP contribution < -0.4 is 0 Å². The zero-order chi connectivity index (χ0) is 16.4. The van der Waals surface area contributed by atoms with E-state index in [0.717, 1.165) is 0 Å². The van der Waals surface area contributed by atoms with E-state index in [1.165, 1.54) is 9.58 Å². The number of carboxylic acid groups (broad SMARTS) is 1. The van der Waals surface area contributed by atoms with Gasteiger partial charge in [0.05, 0.1) is 11.5 Å². The molecular formula is C13H18N4O5. The van der Waals surface area contributed by atoms with Crippen LogP contribution in [-0.2, 0) is 16.1 Å². The van der Waals surface area contributed by atoms with E-state index in [4.69, 9.17) is 5.11 Å². The number of nitro groups is 1. The largest absolute Gasteiger partial charge is 0.480 e. The maximum Gasteiger partial charge on any atom is 0.326 e. The third-order valence-corrected chi connectivity index (χ3v) is 3.92. The van der Waals surface area contributed by atoms with Gasteiger partial charge in [-0.05, 0) is 26.7 Å². The maximum absolute atomic E-state index is 12.2. The summed E-state index contributed by atoms with van der Waals surface area (Å²) >= 11 is 0. The highest BCUT2D eigenvalue weighted by Gasteiger charge is 2.33. The summed E-state index contributed by atoms with van der Waals surface area (Å²) in [5.74, 6) is -1.26. The predicted octanol–water partition coefficient (Wildman–Crippen LogP) is 0.874. The molecule has 1 fully saturated rings. The fraction of sp³-hybridized carbons (Fsp3) is 0.615. The van der Waals surface area contributed by atoms with E-state index in [1.54, 1.807) is 13.8 Å². The summed E-state index contributed by atoms with van der Waals surface area (Å²) in [4.78, 5) is 35.0. The molecule has 0 spiro atoms. The third kappa shape index (κ3) is 2.92. The third-order valence-electron chi connectivity index (χ3n) is 3.92. The Morgan fingerprint density at radius 3 is 2.68 bits per heavy atom. The Bertz CT molecular complexity index is 624. The van der Waals surface area contributed by atoms with Crippen LogP contribution in [0.3, 0.4) is 0 Å². The number of aliphatic carboxylic acids is 1. The number of likely N-dealkylation sites (tertiary alicyclic amines) is 1. The van der Waals surface area contributed by atoms with Crippen molar-refractivity contribution in [1.82, 2.24) is 14.7 Å². The smallest absolute Gasteiger partial charge is 0.326 e. The van der Waals surface area contributed by atoms with Gasteiger partial charge in [0.1, 0.15) is 17.4 Å². The molecule has 0 aromatic carbocycles. The quantitative estimate of drug-likeness (QED) is 0.637. The average molecular weight is 310 g/mol. The Hall–Kier alpha value is -2.45. The number of rotatable bonds is 5. The molecule has 9 heteroatoms. The van der Waals surface area contributed by atoms with Crippen LogP contribution in [0.25, 0.3) is 0 Å². The summed E-state index contributed by atoms with van der Waals surface area (Å²) in [5.41, 5.74) is 0.656. The van der Waals surface area contributed by atoms with Crippen LogP contribution in [0, 0.1) is 24.0 Å². The van der Waals surface area contributed by atoms with Crippen LogP contribution in [0.1, 0.15) is 30.7 Å². The van der Waals surface area contributed by atoms with Crippen LogP contribution in [0.4, 0.5) is 5.69 Å². The van der Waals surface area contributed by atoms with E-state index in [1.807, 2.05) is 0 Å². The van der Waals surface area contributed by atoms with Crippen LogP contribution in [0.15, 0.2) is 0 Å². The van der Waals surface area contributed by atoms with Gasteiger partial charge < -0.3 is 10.0 Å². The van der Waals surface area contributed by atoms with Gasteiger partial charge in [-0.15, -0.1) is 0 Å². The molecule has 1 saturated heterocycles. The van der Waals surface area contributed by atoms with Gasteiger partial charge in [0.2, 0.25) is 5.91 Å². The van der Waals surface area contributed by atoms with Crippen molar-refractivity contribution in [3.63, 3.8) is 0 Å². The monoisotopic (exact) mass is 310 g/mol. The maximum atomic E-state index is 12.2. The molecule has 1 amide bonds. The minimum Gasteiger partial charge on any atom is -0.480 e. The van der Waals surface area contributed by atoms with Crippen LogP contribution in [0.2, 0.25) is 0 Å². The Balaban J connectivity index is 2.04. The molecular weight excluding hydrogens is 292 g/mol. The SMILES string of the molecule is Cc1nn(CCC(=O)N2CCCC2C(=O)O)c(C)c1[N+](=O)[O-]. The average Bonchev–Trinajstić information content (AvgIpc) is 3.01. The first-order valence-corrected chi connectivity index (χ1v) is 7.03. The summed E-state index contributed by atoms with van der Waals surface area (Å²) in [7, 11) is 0. The number of amides is 1. The van der Waals surface area contributed by atoms with Crippen molar-refractivity contribution < 1.29 is 19.6 Å². The van der Waals surface area contributed by atoms with E-state index >= 15 is 0 Å². The fourth-order valence-corrected chi connectivity index (χ4v) is 2.84. The minimum absolute atomic E-state index is 0.0444.